The van der Waals surface area contributed by atoms with Crippen LogP contribution in [0.4, 0.5) is 0 Å². The average Bonchev–Trinajstić information content (AvgIpc) is 3.11. The number of aromatic nitrogens is 3. The van der Waals surface area contributed by atoms with Crippen LogP contribution < -0.4 is 5.32 Å². The molecule has 1 amide bonds. The van der Waals surface area contributed by atoms with E-state index in [0.717, 1.165) is 30.6 Å². The number of amides is 1. The van der Waals surface area contributed by atoms with E-state index < -0.39 is 23.5 Å². The summed E-state index contributed by atoms with van der Waals surface area (Å²) in [5.41, 5.74) is -0.375. The third kappa shape index (κ3) is 4.34. The Balaban J connectivity index is 1.66. The molecule has 9 heteroatoms. The number of ether oxygens (including phenoxy) is 1. The van der Waals surface area contributed by atoms with E-state index in [2.05, 4.69) is 26.3 Å². The molecule has 8 nitrogen and oxygen atoms in total. The maximum atomic E-state index is 12.5. The number of hydrogen-bond donors (Lipinski definition) is 1. The summed E-state index contributed by atoms with van der Waals surface area (Å²) in [5, 5.41) is 12.8. The van der Waals surface area contributed by atoms with Gasteiger partial charge < -0.3 is 10.1 Å². The lowest BCUT2D eigenvalue weighted by molar-refractivity contribution is -0.130. The van der Waals surface area contributed by atoms with Gasteiger partial charge in [-0.2, -0.15) is 5.26 Å². The minimum absolute atomic E-state index is 0.301. The van der Waals surface area contributed by atoms with Crippen LogP contribution in [0, 0.1) is 18.3 Å². The van der Waals surface area contributed by atoms with Gasteiger partial charge in [-0.25, -0.2) is 19.7 Å². The minimum atomic E-state index is -1.02. The molecule has 0 saturated heterocycles. The van der Waals surface area contributed by atoms with Crippen LogP contribution in [0.3, 0.4) is 0 Å². The molecule has 2 aromatic rings. The molecule has 146 valence electrons. The van der Waals surface area contributed by atoms with Crippen LogP contribution in [-0.2, 0) is 9.53 Å². The number of carbonyl (C=O) groups is 2. The Morgan fingerprint density at radius 1 is 1.29 bits per heavy atom. The first-order chi connectivity index (χ1) is 13.4. The van der Waals surface area contributed by atoms with Crippen molar-refractivity contribution in [3.63, 3.8) is 0 Å². The highest BCUT2D eigenvalue weighted by Gasteiger charge is 2.35. The molecule has 0 aromatic carbocycles. The molecule has 2 aromatic heterocycles. The fraction of sp³-hybridized carbons (Fsp3) is 0.474. The standard InChI is InChI=1S/C19H21N5O3S/c1-12-14(28-17(23-12)15-21-9-6-10-22-15)18(26)27-13(2)16(25)24-19(11-20)7-4-3-5-8-19/h6,9-10,13H,3-5,7-8H2,1-2H3,(H,24,25). The normalized spacial score (nSPS) is 16.6. The number of aryl methyl sites for hydroxylation is 1. The lowest BCUT2D eigenvalue weighted by Gasteiger charge is -2.32. The van der Waals surface area contributed by atoms with Gasteiger partial charge in [-0.05, 0) is 32.8 Å². The highest BCUT2D eigenvalue weighted by Crippen LogP contribution is 2.28. The van der Waals surface area contributed by atoms with E-state index in [9.17, 15) is 14.9 Å². The molecule has 0 radical (unpaired) electrons. The van der Waals surface area contributed by atoms with Crippen LogP contribution in [0.1, 0.15) is 54.4 Å². The molecule has 1 fully saturated rings. The van der Waals surface area contributed by atoms with E-state index in [1.54, 1.807) is 25.4 Å². The molecule has 0 aliphatic heterocycles. The summed E-state index contributed by atoms with van der Waals surface area (Å²) in [4.78, 5) is 37.9. The molecule has 3 rings (SSSR count). The van der Waals surface area contributed by atoms with E-state index in [1.165, 1.54) is 6.92 Å². The Hall–Kier alpha value is -2.86. The largest absolute Gasteiger partial charge is 0.448 e. The summed E-state index contributed by atoms with van der Waals surface area (Å²) in [7, 11) is 0. The van der Waals surface area contributed by atoms with E-state index >= 15 is 0 Å². The fourth-order valence-corrected chi connectivity index (χ4v) is 4.01. The van der Waals surface area contributed by atoms with Gasteiger partial charge >= 0.3 is 5.97 Å². The van der Waals surface area contributed by atoms with Crippen molar-refractivity contribution in [2.45, 2.75) is 57.6 Å². The quantitative estimate of drug-likeness (QED) is 0.768. The number of esters is 1. The second-order valence-corrected chi connectivity index (χ2v) is 7.80. The van der Waals surface area contributed by atoms with Gasteiger partial charge in [-0.1, -0.05) is 19.3 Å². The number of thiazole rings is 1. The van der Waals surface area contributed by atoms with Gasteiger partial charge in [0.25, 0.3) is 5.91 Å². The average molecular weight is 399 g/mol. The SMILES string of the molecule is Cc1nc(-c2ncccn2)sc1C(=O)OC(C)C(=O)NC1(C#N)CCCCC1. The van der Waals surface area contributed by atoms with Crippen molar-refractivity contribution in [3.05, 3.63) is 29.0 Å². The molecule has 1 saturated carbocycles. The van der Waals surface area contributed by atoms with E-state index in [-0.39, 0.29) is 0 Å². The third-order valence-electron chi connectivity index (χ3n) is 4.68. The van der Waals surface area contributed by atoms with Crippen LogP contribution >= 0.6 is 11.3 Å². The van der Waals surface area contributed by atoms with Gasteiger partial charge in [0.2, 0.25) is 0 Å². The summed E-state index contributed by atoms with van der Waals surface area (Å²) < 4.78 is 5.33. The predicted octanol–water partition coefficient (Wildman–Crippen LogP) is 2.80. The highest BCUT2D eigenvalue weighted by molar-refractivity contribution is 7.16. The van der Waals surface area contributed by atoms with Crippen LogP contribution in [0.15, 0.2) is 18.5 Å². The van der Waals surface area contributed by atoms with E-state index in [1.807, 2.05) is 0 Å². The fourth-order valence-electron chi connectivity index (χ4n) is 3.12. The van der Waals surface area contributed by atoms with E-state index in [4.69, 9.17) is 4.74 Å². The van der Waals surface area contributed by atoms with Crippen LogP contribution in [0.25, 0.3) is 10.8 Å². The first-order valence-corrected chi connectivity index (χ1v) is 9.95. The van der Waals surface area contributed by atoms with Crippen molar-refractivity contribution in [3.8, 4) is 16.9 Å². The van der Waals surface area contributed by atoms with Crippen molar-refractivity contribution in [1.29, 1.82) is 5.26 Å². The summed E-state index contributed by atoms with van der Waals surface area (Å²) in [6.45, 7) is 3.19. The lowest BCUT2D eigenvalue weighted by atomic mass is 9.83. The van der Waals surface area contributed by atoms with Crippen LogP contribution in [-0.4, -0.2) is 38.5 Å². The number of rotatable bonds is 5. The highest BCUT2D eigenvalue weighted by atomic mass is 32.1. The maximum Gasteiger partial charge on any atom is 0.351 e. The number of hydrogen-bond acceptors (Lipinski definition) is 8. The monoisotopic (exact) mass is 399 g/mol. The molecule has 1 unspecified atom stereocenters. The zero-order chi connectivity index (χ0) is 20.1. The summed E-state index contributed by atoms with van der Waals surface area (Å²) in [6.07, 6.45) is 6.26. The topological polar surface area (TPSA) is 118 Å². The van der Waals surface area contributed by atoms with Crippen LogP contribution in [0.5, 0.6) is 0 Å². The lowest BCUT2D eigenvalue weighted by Crippen LogP contribution is -2.52. The van der Waals surface area contributed by atoms with Gasteiger partial charge in [0.05, 0.1) is 11.8 Å². The van der Waals surface area contributed by atoms with Gasteiger partial charge in [-0.3, -0.25) is 4.79 Å². The second kappa shape index (κ2) is 8.44. The molecule has 0 spiro atoms. The Bertz CT molecular complexity index is 900. The van der Waals surface area contributed by atoms with Crippen molar-refractivity contribution < 1.29 is 14.3 Å². The van der Waals surface area contributed by atoms with Crippen molar-refractivity contribution >= 4 is 23.2 Å². The maximum absolute atomic E-state index is 12.5. The number of carbonyl (C=O) groups excluding carboxylic acids is 2. The van der Waals surface area contributed by atoms with Crippen molar-refractivity contribution in [1.82, 2.24) is 20.3 Å². The molecule has 2 heterocycles. The molecule has 28 heavy (non-hydrogen) atoms. The molecule has 1 N–H and O–H groups in total. The van der Waals surface area contributed by atoms with Gasteiger partial charge in [0.15, 0.2) is 16.9 Å². The molecular weight excluding hydrogens is 378 g/mol. The smallest absolute Gasteiger partial charge is 0.351 e. The zero-order valence-electron chi connectivity index (χ0n) is 15.8. The zero-order valence-corrected chi connectivity index (χ0v) is 16.6. The Kier molecular flexibility index (Phi) is 5.99. The summed E-state index contributed by atoms with van der Waals surface area (Å²) >= 11 is 1.12. The van der Waals surface area contributed by atoms with Gasteiger partial charge in [0, 0.05) is 12.4 Å². The van der Waals surface area contributed by atoms with E-state index in [0.29, 0.717) is 34.2 Å². The first-order valence-electron chi connectivity index (χ1n) is 9.13. The molecular formula is C19H21N5O3S. The molecule has 1 atom stereocenters. The van der Waals surface area contributed by atoms with Crippen molar-refractivity contribution in [2.75, 3.05) is 0 Å². The second-order valence-electron chi connectivity index (χ2n) is 6.80. The summed E-state index contributed by atoms with van der Waals surface area (Å²) in [6, 6.07) is 3.92. The van der Waals surface area contributed by atoms with Gasteiger partial charge in [0.1, 0.15) is 10.4 Å². The number of nitrogens with zero attached hydrogens (tertiary/aromatic N) is 4. The minimum Gasteiger partial charge on any atom is -0.448 e. The molecule has 0 bridgehead atoms. The van der Waals surface area contributed by atoms with Crippen molar-refractivity contribution in [2.24, 2.45) is 0 Å². The number of nitrogens with one attached hydrogen (secondary N) is 1. The number of nitriles is 1. The molecule has 1 aliphatic rings. The first kappa shape index (κ1) is 19.9. The summed E-state index contributed by atoms with van der Waals surface area (Å²) in [5.74, 6) is -0.672. The van der Waals surface area contributed by atoms with Gasteiger partial charge in [-0.15, -0.1) is 11.3 Å². The van der Waals surface area contributed by atoms with Crippen LogP contribution in [0.2, 0.25) is 0 Å². The predicted molar refractivity (Wildman–Crippen MR) is 102 cm³/mol. The Labute approximate surface area is 167 Å². The molecule has 1 aliphatic carbocycles. The third-order valence-corrected chi connectivity index (χ3v) is 5.81. The Morgan fingerprint density at radius 3 is 2.61 bits per heavy atom. The Morgan fingerprint density at radius 2 is 1.96 bits per heavy atom.